The number of aryl methyl sites for hydroxylation is 8. The summed E-state index contributed by atoms with van der Waals surface area (Å²) in [6.45, 7) is 41.5. The molecule has 4 atom stereocenters. The third-order valence-electron chi connectivity index (χ3n) is 13.6. The van der Waals surface area contributed by atoms with Gasteiger partial charge in [-0.05, 0) is 178 Å². The molecule has 0 radical (unpaired) electrons. The minimum atomic E-state index is -0.736. The largest absolute Gasteiger partial charge is 0.378 e. The van der Waals surface area contributed by atoms with Gasteiger partial charge in [0, 0.05) is 25.0 Å². The molecule has 1 saturated carbocycles. The molecule has 10 heteroatoms. The summed E-state index contributed by atoms with van der Waals surface area (Å²) in [5.74, 6) is 3.08. The van der Waals surface area contributed by atoms with Crippen LogP contribution in [-0.2, 0) is 28.4 Å². The number of ether oxygens (including phenoxy) is 6. The molecular weight excluding hydrogens is 965 g/mol. The molecule has 4 aromatic carbocycles. The van der Waals surface area contributed by atoms with Gasteiger partial charge in [0.25, 0.3) is 0 Å². The molecule has 5 fully saturated rings. The molecule has 0 N–H and O–H groups in total. The highest BCUT2D eigenvalue weighted by Gasteiger charge is 2.17. The lowest BCUT2D eigenvalue weighted by atomic mass is 9.84. The lowest BCUT2D eigenvalue weighted by Crippen LogP contribution is -2.27. The van der Waals surface area contributed by atoms with Crippen LogP contribution in [0.4, 0.5) is 17.6 Å². The van der Waals surface area contributed by atoms with Crippen LogP contribution in [0, 0.1) is 114 Å². The first kappa shape index (κ1) is 70.4. The van der Waals surface area contributed by atoms with Gasteiger partial charge in [-0.3, -0.25) is 0 Å². The summed E-state index contributed by atoms with van der Waals surface area (Å²) < 4.78 is 81.8. The van der Waals surface area contributed by atoms with Crippen LogP contribution in [0.15, 0.2) is 72.8 Å². The Hall–Kier alpha value is -3.64. The quantitative estimate of drug-likeness (QED) is 0.164. The summed E-state index contributed by atoms with van der Waals surface area (Å²) in [6.07, 6.45) is 12.2. The first-order chi connectivity index (χ1) is 35.7. The standard InChI is InChI=1S/C8H8F2.2C8H9F.C8H16.C8H10.2C7H14O.2C6H12O2/c1-5-3-4-6(2)8(10)7(5)9;2*1-6-3-4-7(2)8(9)5-6;2*1-7-3-5-8(2)6-4-7;2*1-6-3-4-7(2)8-5-6;2*1-5-3-7-6(2)8-4-5/h3-4H,1-2H3;2*3-5H,1-2H3;7-8H,3-6H2,1-2H3;3-6H,1-2H3;2*6-7H,3-5H2,1-2H3;2*5-6H,3-4H2,1-2H3. The van der Waals surface area contributed by atoms with Crippen molar-refractivity contribution in [1.29, 1.82) is 0 Å². The van der Waals surface area contributed by atoms with Crippen LogP contribution in [0.1, 0.15) is 165 Å². The van der Waals surface area contributed by atoms with Crippen molar-refractivity contribution >= 4 is 0 Å². The lowest BCUT2D eigenvalue weighted by molar-refractivity contribution is -0.187. The average Bonchev–Trinajstić information content (AvgIpc) is 3.39. The fourth-order valence-electron chi connectivity index (χ4n) is 7.62. The van der Waals surface area contributed by atoms with Gasteiger partial charge >= 0.3 is 0 Å². The molecule has 432 valence electrons. The van der Waals surface area contributed by atoms with Crippen LogP contribution >= 0.6 is 0 Å². The molecule has 1 aliphatic carbocycles. The van der Waals surface area contributed by atoms with Crippen molar-refractivity contribution in [3.05, 3.63) is 141 Å². The van der Waals surface area contributed by atoms with E-state index in [4.69, 9.17) is 28.4 Å². The summed E-state index contributed by atoms with van der Waals surface area (Å²) in [6, 6.07) is 22.0. The van der Waals surface area contributed by atoms with Crippen molar-refractivity contribution in [1.82, 2.24) is 0 Å². The van der Waals surface area contributed by atoms with E-state index >= 15 is 0 Å². The molecule has 9 rings (SSSR count). The molecule has 0 spiro atoms. The minimum Gasteiger partial charge on any atom is -0.378 e. The summed E-state index contributed by atoms with van der Waals surface area (Å²) in [5, 5.41) is 0. The van der Waals surface area contributed by atoms with Gasteiger partial charge in [-0.2, -0.15) is 0 Å². The molecule has 0 bridgehead atoms. The molecule has 6 nitrogen and oxygen atoms in total. The molecule has 76 heavy (non-hydrogen) atoms. The minimum absolute atomic E-state index is 0.0196. The Bertz CT molecular complexity index is 1810. The van der Waals surface area contributed by atoms with E-state index in [1.807, 2.05) is 39.8 Å². The maximum Gasteiger partial charge on any atom is 0.161 e. The zero-order valence-corrected chi connectivity index (χ0v) is 50.6. The van der Waals surface area contributed by atoms with Gasteiger partial charge in [-0.1, -0.05) is 139 Å². The Labute approximate surface area is 460 Å². The molecule has 0 aromatic heterocycles. The SMILES string of the molecule is CC1CCC(C)CC1.CC1CCC(C)OC1.CC1CCC(C)OC1.CC1COC(C)OC1.CC1COC(C)OC1.Cc1ccc(C)c(F)c1.Cc1ccc(C)c(F)c1.Cc1ccc(C)c(F)c1F.Cc1ccc(C)cc1. The van der Waals surface area contributed by atoms with Crippen molar-refractivity contribution < 1.29 is 46.0 Å². The van der Waals surface area contributed by atoms with Crippen molar-refractivity contribution in [3.63, 3.8) is 0 Å². The monoisotopic (exact) mass is 1070 g/mol. The predicted octanol–water partition coefficient (Wildman–Crippen LogP) is 18.3. The number of halogens is 4. The summed E-state index contributed by atoms with van der Waals surface area (Å²) in [5.41, 5.74) is 6.72. The van der Waals surface area contributed by atoms with E-state index in [0.29, 0.717) is 46.3 Å². The van der Waals surface area contributed by atoms with E-state index in [1.165, 1.54) is 88.5 Å². The van der Waals surface area contributed by atoms with E-state index in [1.54, 1.807) is 38.1 Å². The Morgan fingerprint density at radius 2 is 0.539 bits per heavy atom. The van der Waals surface area contributed by atoms with Crippen LogP contribution in [0.2, 0.25) is 0 Å². The van der Waals surface area contributed by atoms with E-state index in [2.05, 4.69) is 93.5 Å². The van der Waals surface area contributed by atoms with Crippen molar-refractivity contribution in [2.45, 2.75) is 201 Å². The third kappa shape index (κ3) is 34.3. The van der Waals surface area contributed by atoms with Gasteiger partial charge in [0.2, 0.25) is 0 Å². The van der Waals surface area contributed by atoms with Crippen LogP contribution in [-0.4, -0.2) is 64.4 Å². The summed E-state index contributed by atoms with van der Waals surface area (Å²) >= 11 is 0. The van der Waals surface area contributed by atoms with E-state index < -0.39 is 11.6 Å². The number of rotatable bonds is 0. The third-order valence-corrected chi connectivity index (χ3v) is 13.6. The average molecular weight is 1070 g/mol. The first-order valence-corrected chi connectivity index (χ1v) is 28.3. The number of hydrogen-bond acceptors (Lipinski definition) is 6. The summed E-state index contributed by atoms with van der Waals surface area (Å²) in [4.78, 5) is 0. The first-order valence-electron chi connectivity index (χ1n) is 28.3. The Kier molecular flexibility index (Phi) is 36.7. The Morgan fingerprint density at radius 3 is 0.763 bits per heavy atom. The van der Waals surface area contributed by atoms with Gasteiger partial charge in [0.1, 0.15) is 11.6 Å². The second-order valence-corrected chi connectivity index (χ2v) is 22.7. The highest BCUT2D eigenvalue weighted by atomic mass is 19.2. The highest BCUT2D eigenvalue weighted by molar-refractivity contribution is 5.24. The van der Waals surface area contributed by atoms with Crippen molar-refractivity contribution in [2.75, 3.05) is 39.6 Å². The van der Waals surface area contributed by atoms with E-state index in [9.17, 15) is 17.6 Å². The summed E-state index contributed by atoms with van der Waals surface area (Å²) in [7, 11) is 0. The fraction of sp³-hybridized carbons (Fsp3) is 0.636. The highest BCUT2D eigenvalue weighted by Crippen LogP contribution is 2.27. The zero-order valence-electron chi connectivity index (χ0n) is 50.6. The molecule has 4 heterocycles. The molecule has 5 aliphatic rings. The number of benzene rings is 4. The topological polar surface area (TPSA) is 55.4 Å². The van der Waals surface area contributed by atoms with Gasteiger partial charge < -0.3 is 28.4 Å². The van der Waals surface area contributed by atoms with Gasteiger partial charge in [0.15, 0.2) is 24.2 Å². The maximum atomic E-state index is 12.6. The Morgan fingerprint density at radius 1 is 0.289 bits per heavy atom. The van der Waals surface area contributed by atoms with Crippen LogP contribution in [0.5, 0.6) is 0 Å². The zero-order chi connectivity index (χ0) is 57.3. The van der Waals surface area contributed by atoms with Gasteiger partial charge in [-0.25, -0.2) is 17.6 Å². The molecule has 0 amide bonds. The molecular formula is C66H104F4O6. The fourth-order valence-corrected chi connectivity index (χ4v) is 7.62. The van der Waals surface area contributed by atoms with Crippen LogP contribution in [0.25, 0.3) is 0 Å². The second kappa shape index (κ2) is 39.7. The Balaban J connectivity index is 0.000000428. The molecule has 4 aliphatic heterocycles. The van der Waals surface area contributed by atoms with E-state index in [-0.39, 0.29) is 24.2 Å². The molecule has 4 aromatic rings. The van der Waals surface area contributed by atoms with Crippen molar-refractivity contribution in [3.8, 4) is 0 Å². The second-order valence-electron chi connectivity index (χ2n) is 22.7. The number of hydrogen-bond donors (Lipinski definition) is 0. The maximum absolute atomic E-state index is 12.6. The lowest BCUT2D eigenvalue weighted by Gasteiger charge is -2.24. The van der Waals surface area contributed by atoms with Crippen molar-refractivity contribution in [2.24, 2.45) is 35.5 Å². The molecule has 4 unspecified atom stereocenters. The molecule has 4 saturated heterocycles. The predicted molar refractivity (Wildman–Crippen MR) is 309 cm³/mol. The van der Waals surface area contributed by atoms with Gasteiger partial charge in [0.05, 0.1) is 38.6 Å². The van der Waals surface area contributed by atoms with Gasteiger partial charge in [-0.15, -0.1) is 0 Å². The van der Waals surface area contributed by atoms with Crippen LogP contribution in [0.3, 0.4) is 0 Å². The smallest absolute Gasteiger partial charge is 0.161 e. The normalized spacial score (nSPS) is 25.5. The van der Waals surface area contributed by atoms with E-state index in [0.717, 1.165) is 74.4 Å². The van der Waals surface area contributed by atoms with Crippen LogP contribution < -0.4 is 0 Å².